The molecule has 0 aromatic carbocycles. The van der Waals surface area contributed by atoms with Gasteiger partial charge in [-0.05, 0) is 6.92 Å². The summed E-state index contributed by atoms with van der Waals surface area (Å²) >= 11 is 0. The lowest BCUT2D eigenvalue weighted by Gasteiger charge is -2.19. The summed E-state index contributed by atoms with van der Waals surface area (Å²) in [7, 11) is 1.38. The Kier molecular flexibility index (Phi) is 4.35. The third kappa shape index (κ3) is 3.34. The van der Waals surface area contributed by atoms with Gasteiger partial charge in [0.25, 0.3) is 0 Å². The molecule has 3 N–H and O–H groups in total. The molecule has 0 fully saturated rings. The van der Waals surface area contributed by atoms with Gasteiger partial charge in [-0.3, -0.25) is 16.0 Å². The summed E-state index contributed by atoms with van der Waals surface area (Å²) in [5, 5.41) is 3.93. The topological polar surface area (TPSA) is 65.1 Å². The van der Waals surface area contributed by atoms with E-state index in [9.17, 15) is 13.2 Å². The molecule has 0 saturated heterocycles. The Hall–Kier alpha value is -1.28. The number of ether oxygens (including phenoxy) is 1. The normalized spacial score (nSPS) is 13.8. The van der Waals surface area contributed by atoms with E-state index in [2.05, 4.69) is 10.5 Å². The molecule has 0 aliphatic carbocycles. The lowest BCUT2D eigenvalue weighted by molar-refractivity contribution is -0.141. The second-order valence-electron chi connectivity index (χ2n) is 3.45. The SMILES string of the molecule is CCn1ncc(OC)c1C(CC(F)(F)F)NN. The molecule has 5 nitrogen and oxygen atoms in total. The van der Waals surface area contributed by atoms with Crippen LogP contribution in [0.5, 0.6) is 5.75 Å². The predicted octanol–water partition coefficient (Wildman–Crippen LogP) is 1.37. The minimum absolute atomic E-state index is 0.291. The van der Waals surface area contributed by atoms with Gasteiger partial charge in [-0.15, -0.1) is 0 Å². The van der Waals surface area contributed by atoms with Crippen LogP contribution in [0.25, 0.3) is 0 Å². The zero-order chi connectivity index (χ0) is 13.1. The molecule has 0 aliphatic heterocycles. The molecule has 1 aromatic rings. The fraction of sp³-hybridized carbons (Fsp3) is 0.667. The van der Waals surface area contributed by atoms with Crippen molar-refractivity contribution < 1.29 is 17.9 Å². The first-order valence-corrected chi connectivity index (χ1v) is 5.05. The van der Waals surface area contributed by atoms with Gasteiger partial charge in [-0.2, -0.15) is 18.3 Å². The van der Waals surface area contributed by atoms with E-state index in [1.165, 1.54) is 18.0 Å². The molecule has 0 bridgehead atoms. The van der Waals surface area contributed by atoms with Crippen LogP contribution in [0.4, 0.5) is 13.2 Å². The number of nitrogens with one attached hydrogen (secondary N) is 1. The Morgan fingerprint density at radius 3 is 2.65 bits per heavy atom. The molecule has 0 aliphatic rings. The molecule has 98 valence electrons. The number of rotatable bonds is 5. The largest absolute Gasteiger partial charge is 0.493 e. The van der Waals surface area contributed by atoms with E-state index in [-0.39, 0.29) is 0 Å². The fourth-order valence-corrected chi connectivity index (χ4v) is 1.60. The molecular formula is C9H15F3N4O. The highest BCUT2D eigenvalue weighted by atomic mass is 19.4. The zero-order valence-electron chi connectivity index (χ0n) is 9.58. The van der Waals surface area contributed by atoms with Crippen molar-refractivity contribution in [3.63, 3.8) is 0 Å². The second kappa shape index (κ2) is 5.37. The van der Waals surface area contributed by atoms with Gasteiger partial charge in [0.15, 0.2) is 5.75 Å². The third-order valence-electron chi connectivity index (χ3n) is 2.33. The van der Waals surface area contributed by atoms with Crippen molar-refractivity contribution in [3.8, 4) is 5.75 Å². The Morgan fingerprint density at radius 2 is 2.24 bits per heavy atom. The van der Waals surface area contributed by atoms with Gasteiger partial charge in [0.2, 0.25) is 0 Å². The molecule has 17 heavy (non-hydrogen) atoms. The lowest BCUT2D eigenvalue weighted by Crippen LogP contribution is -2.33. The monoisotopic (exact) mass is 252 g/mol. The molecule has 0 saturated carbocycles. The van der Waals surface area contributed by atoms with E-state index < -0.39 is 18.6 Å². The first-order valence-electron chi connectivity index (χ1n) is 5.05. The van der Waals surface area contributed by atoms with Crippen molar-refractivity contribution in [2.75, 3.05) is 7.11 Å². The fourth-order valence-electron chi connectivity index (χ4n) is 1.60. The van der Waals surface area contributed by atoms with Gasteiger partial charge < -0.3 is 4.74 Å². The van der Waals surface area contributed by atoms with Crippen LogP contribution in [0.1, 0.15) is 25.1 Å². The molecule has 0 spiro atoms. The van der Waals surface area contributed by atoms with Gasteiger partial charge in [0, 0.05) is 6.54 Å². The van der Waals surface area contributed by atoms with Crippen molar-refractivity contribution in [2.24, 2.45) is 5.84 Å². The molecule has 1 atom stereocenters. The van der Waals surface area contributed by atoms with Gasteiger partial charge >= 0.3 is 6.18 Å². The molecule has 0 radical (unpaired) electrons. The quantitative estimate of drug-likeness (QED) is 0.613. The highest BCUT2D eigenvalue weighted by molar-refractivity contribution is 5.28. The van der Waals surface area contributed by atoms with Crippen molar-refractivity contribution >= 4 is 0 Å². The number of hydrogen-bond acceptors (Lipinski definition) is 4. The summed E-state index contributed by atoms with van der Waals surface area (Å²) in [5.74, 6) is 5.46. The van der Waals surface area contributed by atoms with Crippen LogP contribution in [-0.4, -0.2) is 23.1 Å². The summed E-state index contributed by atoms with van der Waals surface area (Å²) in [5.41, 5.74) is 2.45. The maximum Gasteiger partial charge on any atom is 0.391 e. The minimum atomic E-state index is -4.31. The molecule has 1 unspecified atom stereocenters. The predicted molar refractivity (Wildman–Crippen MR) is 55.2 cm³/mol. The highest BCUT2D eigenvalue weighted by Gasteiger charge is 2.35. The second-order valence-corrected chi connectivity index (χ2v) is 3.45. The van der Waals surface area contributed by atoms with E-state index in [0.717, 1.165) is 0 Å². The summed E-state index contributed by atoms with van der Waals surface area (Å²) in [4.78, 5) is 0. The number of hydrazine groups is 1. The van der Waals surface area contributed by atoms with E-state index in [1.54, 1.807) is 6.92 Å². The third-order valence-corrected chi connectivity index (χ3v) is 2.33. The van der Waals surface area contributed by atoms with E-state index in [1.807, 2.05) is 0 Å². The number of nitrogens with two attached hydrogens (primary N) is 1. The first kappa shape index (κ1) is 13.8. The average molecular weight is 252 g/mol. The summed E-state index contributed by atoms with van der Waals surface area (Å²) in [6, 6.07) is -1.08. The van der Waals surface area contributed by atoms with Gasteiger partial charge in [-0.25, -0.2) is 0 Å². The van der Waals surface area contributed by atoms with Crippen molar-refractivity contribution in [1.29, 1.82) is 0 Å². The van der Waals surface area contributed by atoms with Gasteiger partial charge in [-0.1, -0.05) is 0 Å². The number of hydrogen-bond donors (Lipinski definition) is 2. The number of nitrogens with zero attached hydrogens (tertiary/aromatic N) is 2. The molecular weight excluding hydrogens is 237 g/mol. The van der Waals surface area contributed by atoms with Crippen molar-refractivity contribution in [2.45, 2.75) is 32.1 Å². The number of methoxy groups -OCH3 is 1. The van der Waals surface area contributed by atoms with E-state index >= 15 is 0 Å². The average Bonchev–Trinajstić information content (AvgIpc) is 2.67. The summed E-state index contributed by atoms with van der Waals surface area (Å²) < 4.78 is 43.6. The van der Waals surface area contributed by atoms with Crippen LogP contribution in [0.2, 0.25) is 0 Å². The number of aryl methyl sites for hydroxylation is 1. The number of halogens is 3. The van der Waals surface area contributed by atoms with Crippen LogP contribution in [0.15, 0.2) is 6.20 Å². The smallest absolute Gasteiger partial charge is 0.391 e. The standard InChI is InChI=1S/C9H15F3N4O/c1-3-16-8(7(17-2)5-14-16)6(15-13)4-9(10,11)12/h5-6,15H,3-4,13H2,1-2H3. The Bertz CT molecular complexity index is 342. The van der Waals surface area contributed by atoms with Gasteiger partial charge in [0.05, 0.1) is 31.5 Å². The number of alkyl halides is 3. The molecule has 8 heteroatoms. The lowest BCUT2D eigenvalue weighted by atomic mass is 10.1. The Balaban J connectivity index is 3.05. The van der Waals surface area contributed by atoms with Crippen LogP contribution in [0, 0.1) is 0 Å². The Labute approximate surface area is 96.7 Å². The maximum absolute atomic E-state index is 12.4. The van der Waals surface area contributed by atoms with Crippen molar-refractivity contribution in [3.05, 3.63) is 11.9 Å². The molecule has 0 amide bonds. The number of aromatic nitrogens is 2. The highest BCUT2D eigenvalue weighted by Crippen LogP contribution is 2.33. The maximum atomic E-state index is 12.4. The first-order chi connectivity index (χ1) is 7.92. The minimum Gasteiger partial charge on any atom is -0.493 e. The van der Waals surface area contributed by atoms with Crippen LogP contribution in [0.3, 0.4) is 0 Å². The van der Waals surface area contributed by atoms with E-state index in [4.69, 9.17) is 10.6 Å². The van der Waals surface area contributed by atoms with E-state index in [0.29, 0.717) is 18.0 Å². The van der Waals surface area contributed by atoms with Crippen LogP contribution < -0.4 is 16.0 Å². The summed E-state index contributed by atoms with van der Waals surface area (Å²) in [6.45, 7) is 2.21. The van der Waals surface area contributed by atoms with Crippen LogP contribution >= 0.6 is 0 Å². The zero-order valence-corrected chi connectivity index (χ0v) is 9.58. The van der Waals surface area contributed by atoms with Crippen LogP contribution in [-0.2, 0) is 6.54 Å². The Morgan fingerprint density at radius 1 is 1.59 bits per heavy atom. The molecule has 1 rings (SSSR count). The van der Waals surface area contributed by atoms with Crippen molar-refractivity contribution in [1.82, 2.24) is 15.2 Å². The molecule has 1 aromatic heterocycles. The van der Waals surface area contributed by atoms with Gasteiger partial charge in [0.1, 0.15) is 0 Å². The summed E-state index contributed by atoms with van der Waals surface area (Å²) in [6.07, 6.45) is -4.02. The molecule has 1 heterocycles.